The first-order valence-electron chi connectivity index (χ1n) is 20.4. The highest BCUT2D eigenvalue weighted by Gasteiger charge is 2.63. The van der Waals surface area contributed by atoms with Gasteiger partial charge in [0.1, 0.15) is 23.7 Å². The number of alkyl halides is 2. The minimum absolute atomic E-state index is 0.0210. The Morgan fingerprint density at radius 3 is 2.34 bits per heavy atom. The lowest BCUT2D eigenvalue weighted by molar-refractivity contribution is -0.152. The molecule has 1 saturated heterocycles. The fourth-order valence-electron chi connectivity index (χ4n) is 7.84. The second-order valence-corrected chi connectivity index (χ2v) is 19.5. The van der Waals surface area contributed by atoms with E-state index in [0.717, 1.165) is 13.8 Å². The van der Waals surface area contributed by atoms with E-state index in [0.29, 0.717) is 68.7 Å². The van der Waals surface area contributed by atoms with Crippen LogP contribution in [0.3, 0.4) is 0 Å². The van der Waals surface area contributed by atoms with Crippen molar-refractivity contribution < 1.29 is 50.6 Å². The molecule has 3 fully saturated rings. The van der Waals surface area contributed by atoms with E-state index in [9.17, 15) is 36.4 Å². The van der Waals surface area contributed by atoms with E-state index in [1.807, 2.05) is 32.9 Å². The largest absolute Gasteiger partial charge is 0.476 e. The van der Waals surface area contributed by atoms with Gasteiger partial charge >= 0.3 is 6.09 Å². The molecule has 0 spiro atoms. The summed E-state index contributed by atoms with van der Waals surface area (Å²) in [6.07, 6.45) is 4.57. The number of amides is 4. The Morgan fingerprint density at radius 1 is 1.05 bits per heavy atom. The highest BCUT2D eigenvalue weighted by Crippen LogP contribution is 2.48. The van der Waals surface area contributed by atoms with Gasteiger partial charge in [0.25, 0.3) is 11.8 Å². The van der Waals surface area contributed by atoms with E-state index in [1.165, 1.54) is 4.90 Å². The number of carbonyl (C=O) groups is 4. The fraction of sp³-hybridized carbons (Fsp3) is 0.659. The van der Waals surface area contributed by atoms with Crippen LogP contribution >= 0.6 is 0 Å². The van der Waals surface area contributed by atoms with Crippen LogP contribution in [0.25, 0.3) is 10.8 Å². The lowest BCUT2D eigenvalue weighted by Gasteiger charge is -2.35. The summed E-state index contributed by atoms with van der Waals surface area (Å²) in [6.45, 7) is 10.2. The molecule has 0 unspecified atom stereocenters. The van der Waals surface area contributed by atoms with Crippen LogP contribution in [0.1, 0.15) is 99.8 Å². The summed E-state index contributed by atoms with van der Waals surface area (Å²) in [7, 11) is -4.06. The van der Waals surface area contributed by atoms with E-state index in [1.54, 1.807) is 31.2 Å². The van der Waals surface area contributed by atoms with E-state index in [-0.39, 0.29) is 31.2 Å². The van der Waals surface area contributed by atoms with Gasteiger partial charge in [0.05, 0.1) is 28.7 Å². The Labute approximate surface area is 343 Å². The maximum atomic E-state index is 15.0. The molecule has 2 aliphatic heterocycles. The van der Waals surface area contributed by atoms with Gasteiger partial charge < -0.3 is 29.7 Å². The van der Waals surface area contributed by atoms with Crippen molar-refractivity contribution in [1.82, 2.24) is 30.5 Å². The van der Waals surface area contributed by atoms with Crippen LogP contribution in [-0.4, -0.2) is 100 Å². The maximum Gasteiger partial charge on any atom is 0.408 e. The minimum atomic E-state index is -4.06. The third-order valence-electron chi connectivity index (χ3n) is 12.5. The number of carbonyl (C=O) groups excluding carboxylic acids is 4. The summed E-state index contributed by atoms with van der Waals surface area (Å²) in [5.41, 5.74) is -3.84. The number of rotatable bonds is 11. The number of fused-ring (bicyclic) bond motifs is 3. The van der Waals surface area contributed by atoms with Gasteiger partial charge in [-0.3, -0.25) is 19.1 Å². The zero-order valence-corrected chi connectivity index (χ0v) is 35.5. The number of allylic oxidation sites excluding steroid dienone is 1. The Bertz CT molecular complexity index is 2090. The summed E-state index contributed by atoms with van der Waals surface area (Å²) < 4.78 is 73.8. The van der Waals surface area contributed by atoms with Crippen molar-refractivity contribution in [3.05, 3.63) is 36.4 Å². The molecular formula is C41H56F2N6O9S. The van der Waals surface area contributed by atoms with E-state index in [4.69, 9.17) is 14.2 Å². The van der Waals surface area contributed by atoms with Crippen LogP contribution in [0.4, 0.5) is 13.6 Å². The number of nitrogens with one attached hydrogen (secondary N) is 3. The summed E-state index contributed by atoms with van der Waals surface area (Å²) >= 11 is 0. The number of ether oxygens (including phenoxy) is 3. The molecule has 2 saturated carbocycles. The third-order valence-corrected chi connectivity index (χ3v) is 14.6. The first kappa shape index (κ1) is 44.0. The molecule has 6 rings (SSSR count). The average molecular weight is 847 g/mol. The molecule has 18 heteroatoms. The molecule has 2 aliphatic carbocycles. The van der Waals surface area contributed by atoms with Crippen molar-refractivity contribution in [3.8, 4) is 11.8 Å². The molecule has 3 N–H and O–H groups in total. The Kier molecular flexibility index (Phi) is 12.3. The molecule has 0 radical (unpaired) electrons. The number of alkyl carbamates (subject to hydrolysis) is 1. The van der Waals surface area contributed by atoms with Crippen molar-refractivity contribution in [2.24, 2.45) is 17.8 Å². The van der Waals surface area contributed by atoms with E-state index in [2.05, 4.69) is 25.6 Å². The Morgan fingerprint density at radius 2 is 1.71 bits per heavy atom. The lowest BCUT2D eigenvalue weighted by atomic mass is 9.85. The van der Waals surface area contributed by atoms with Crippen LogP contribution in [0, 0.1) is 17.8 Å². The second-order valence-electron chi connectivity index (χ2n) is 17.4. The van der Waals surface area contributed by atoms with E-state index < -0.39 is 85.7 Å². The average Bonchev–Trinajstić information content (AvgIpc) is 4.04. The number of aromatic nitrogens is 2. The van der Waals surface area contributed by atoms with Gasteiger partial charge in [-0.25, -0.2) is 22.0 Å². The number of nitrogens with zero attached hydrogens (tertiary/aromatic N) is 3. The van der Waals surface area contributed by atoms with Gasteiger partial charge in [-0.1, -0.05) is 44.6 Å². The Balaban J connectivity index is 1.37. The zero-order chi connectivity index (χ0) is 43.1. The third kappa shape index (κ3) is 9.11. The molecule has 4 amide bonds. The minimum Gasteiger partial charge on any atom is -0.476 e. The van der Waals surface area contributed by atoms with Crippen molar-refractivity contribution in [1.29, 1.82) is 0 Å². The molecule has 4 aliphatic rings. The van der Waals surface area contributed by atoms with Gasteiger partial charge in [-0.15, -0.1) is 10.2 Å². The quantitative estimate of drug-likeness (QED) is 0.252. The van der Waals surface area contributed by atoms with E-state index >= 15 is 0 Å². The van der Waals surface area contributed by atoms with Crippen LogP contribution in [-0.2, 0) is 29.1 Å². The Hall–Kier alpha value is -4.61. The van der Waals surface area contributed by atoms with Crippen molar-refractivity contribution in [3.63, 3.8) is 0 Å². The molecule has 1 aromatic carbocycles. The number of hydrogen-bond donors (Lipinski definition) is 3. The monoisotopic (exact) mass is 846 g/mol. The number of halogens is 2. The van der Waals surface area contributed by atoms with Crippen molar-refractivity contribution >= 4 is 44.6 Å². The van der Waals surface area contributed by atoms with Crippen molar-refractivity contribution in [2.45, 2.75) is 140 Å². The number of hydrogen-bond acceptors (Lipinski definition) is 11. The molecule has 59 heavy (non-hydrogen) atoms. The van der Waals surface area contributed by atoms with Gasteiger partial charge in [0.2, 0.25) is 33.6 Å². The molecule has 0 bridgehead atoms. The molecule has 2 aromatic rings. The van der Waals surface area contributed by atoms with Crippen molar-refractivity contribution in [2.75, 3.05) is 13.2 Å². The van der Waals surface area contributed by atoms with Crippen LogP contribution in [0.2, 0.25) is 0 Å². The molecular weight excluding hydrogens is 791 g/mol. The van der Waals surface area contributed by atoms with Crippen LogP contribution < -0.4 is 24.8 Å². The number of benzene rings is 1. The fourth-order valence-corrected chi connectivity index (χ4v) is 9.15. The summed E-state index contributed by atoms with van der Waals surface area (Å²) in [5, 5.41) is 15.1. The first-order chi connectivity index (χ1) is 27.6. The van der Waals surface area contributed by atoms with Crippen LogP contribution in [0.15, 0.2) is 36.4 Å². The van der Waals surface area contributed by atoms with Gasteiger partial charge in [-0.2, -0.15) is 0 Å². The highest BCUT2D eigenvalue weighted by molar-refractivity contribution is 7.91. The SMILES string of the molecule is CCOc1nnc(O[C@@H]2C[C@H]3C(=O)N[C@]4(C(=O)NS(=O)(=O)C5(C)CC5)C[C@H]4/C=C\CC[C@H](C)C[C@@H](CC)[C@H](NC(=O)OC(C)(C)C(C)(F)F)C(=O)N3C2)c2ccccc12. The van der Waals surface area contributed by atoms with Crippen LogP contribution in [0.5, 0.6) is 11.8 Å². The standard InChI is InChI=1S/C41H56F2N6O9S/c1-8-25-20-24(3)14-10-11-15-26-22-41(26,36(52)48-59(54,55)39(6)18-19-39)45-32(50)30-21-27(57-34-29-17-13-12-16-28(29)33(46-47-34)56-9-2)23-49(30)35(51)31(25)44-37(53)58-38(4,5)40(7,42)43/h11-13,15-17,24-27,30-31H,8-10,14,18-23H2,1-7H3,(H,44,53)(H,45,50)(H,48,52)/b15-11-/t24-,25+,26+,27+,30-,31-,41+/m0/s1. The maximum absolute atomic E-state index is 15.0. The topological polar surface area (TPSA) is 195 Å². The highest BCUT2D eigenvalue weighted by atomic mass is 32.2. The summed E-state index contributed by atoms with van der Waals surface area (Å²) in [4.78, 5) is 58.2. The first-order valence-corrected chi connectivity index (χ1v) is 21.9. The molecule has 7 atom stereocenters. The number of sulfonamides is 1. The summed E-state index contributed by atoms with van der Waals surface area (Å²) in [5.74, 6) is -6.30. The molecule has 1 aromatic heterocycles. The lowest BCUT2D eigenvalue weighted by Crippen LogP contribution is -2.60. The predicted molar refractivity (Wildman–Crippen MR) is 213 cm³/mol. The molecule has 3 heterocycles. The summed E-state index contributed by atoms with van der Waals surface area (Å²) in [6, 6.07) is 4.57. The van der Waals surface area contributed by atoms with Gasteiger partial charge in [0.15, 0.2) is 5.60 Å². The second kappa shape index (κ2) is 16.4. The predicted octanol–water partition coefficient (Wildman–Crippen LogP) is 5.18. The smallest absolute Gasteiger partial charge is 0.408 e. The van der Waals surface area contributed by atoms with Gasteiger partial charge in [0, 0.05) is 19.3 Å². The zero-order valence-electron chi connectivity index (χ0n) is 34.7. The van der Waals surface area contributed by atoms with Gasteiger partial charge in [-0.05, 0) is 90.2 Å². The molecule has 324 valence electrons. The normalized spacial score (nSPS) is 29.1. The molecule has 15 nitrogen and oxygen atoms in total.